The summed E-state index contributed by atoms with van der Waals surface area (Å²) in [6.07, 6.45) is 0. The highest BCUT2D eigenvalue weighted by molar-refractivity contribution is 5.94. The molecule has 2 aliphatic rings. The second kappa shape index (κ2) is 9.01. The number of fused-ring (bicyclic) bond motifs is 1. The summed E-state index contributed by atoms with van der Waals surface area (Å²) in [6, 6.07) is 8.79. The van der Waals surface area contributed by atoms with Gasteiger partial charge >= 0.3 is 0 Å². The lowest BCUT2D eigenvalue weighted by atomic mass is 10.1. The number of hydrogen-bond acceptors (Lipinski definition) is 4. The van der Waals surface area contributed by atoms with Gasteiger partial charge in [0.1, 0.15) is 24.0 Å². The predicted octanol–water partition coefficient (Wildman–Crippen LogP) is 2.66. The molecule has 0 atom stereocenters. The molecule has 0 spiro atoms. The van der Waals surface area contributed by atoms with Crippen molar-refractivity contribution in [3.05, 3.63) is 64.7 Å². The fourth-order valence-corrected chi connectivity index (χ4v) is 4.03. The van der Waals surface area contributed by atoms with E-state index in [4.69, 9.17) is 4.74 Å². The summed E-state index contributed by atoms with van der Waals surface area (Å²) >= 11 is 0. The van der Waals surface area contributed by atoms with Crippen LogP contribution in [0.1, 0.15) is 28.4 Å². The van der Waals surface area contributed by atoms with Crippen LogP contribution in [0.25, 0.3) is 0 Å². The smallest absolute Gasteiger partial charge is 0.257 e. The highest BCUT2D eigenvalue weighted by Gasteiger charge is 2.24. The number of nitrogens with zero attached hydrogens (tertiary/aromatic N) is 3. The van der Waals surface area contributed by atoms with Gasteiger partial charge in [-0.15, -0.1) is 0 Å². The minimum Gasteiger partial charge on any atom is -0.491 e. The maximum Gasteiger partial charge on any atom is 0.257 e. The topological polar surface area (TPSA) is 53.1 Å². The van der Waals surface area contributed by atoms with Gasteiger partial charge in [0.25, 0.3) is 5.91 Å². The maximum atomic E-state index is 14.1. The number of carbonyl (C=O) groups excluding carboxylic acids is 2. The molecule has 8 heteroatoms. The van der Waals surface area contributed by atoms with Crippen molar-refractivity contribution in [3.8, 4) is 5.75 Å². The van der Waals surface area contributed by atoms with E-state index in [9.17, 15) is 18.4 Å². The number of amides is 2. The van der Waals surface area contributed by atoms with Crippen molar-refractivity contribution < 1.29 is 23.1 Å². The molecule has 0 aliphatic carbocycles. The Balaban J connectivity index is 1.47. The number of hydrogen-bond donors (Lipinski definition) is 0. The van der Waals surface area contributed by atoms with E-state index < -0.39 is 17.5 Å². The van der Waals surface area contributed by atoms with E-state index in [-0.39, 0.29) is 31.2 Å². The van der Waals surface area contributed by atoms with Crippen molar-refractivity contribution in [2.45, 2.75) is 20.0 Å². The monoisotopic (exact) mass is 429 g/mol. The molecule has 1 saturated heterocycles. The highest BCUT2D eigenvalue weighted by atomic mass is 19.1. The molecule has 0 unspecified atom stereocenters. The van der Waals surface area contributed by atoms with Gasteiger partial charge < -0.3 is 14.5 Å². The van der Waals surface area contributed by atoms with E-state index in [1.807, 2.05) is 23.1 Å². The minimum absolute atomic E-state index is 0.0984. The summed E-state index contributed by atoms with van der Waals surface area (Å²) in [4.78, 5) is 30.0. The zero-order valence-electron chi connectivity index (χ0n) is 17.4. The van der Waals surface area contributed by atoms with Crippen molar-refractivity contribution in [2.24, 2.45) is 0 Å². The van der Waals surface area contributed by atoms with Gasteiger partial charge in [-0.25, -0.2) is 8.78 Å². The Morgan fingerprint density at radius 2 is 1.74 bits per heavy atom. The Morgan fingerprint density at radius 3 is 2.48 bits per heavy atom. The van der Waals surface area contributed by atoms with Gasteiger partial charge in [0.15, 0.2) is 0 Å². The van der Waals surface area contributed by atoms with E-state index >= 15 is 0 Å². The molecule has 6 nitrogen and oxygen atoms in total. The number of halogens is 2. The Morgan fingerprint density at radius 1 is 0.968 bits per heavy atom. The fourth-order valence-electron chi connectivity index (χ4n) is 4.03. The molecule has 0 bridgehead atoms. The van der Waals surface area contributed by atoms with Crippen LogP contribution in [0, 0.1) is 11.6 Å². The van der Waals surface area contributed by atoms with E-state index in [0.29, 0.717) is 18.8 Å². The third-order valence-corrected chi connectivity index (χ3v) is 5.77. The number of carbonyl (C=O) groups is 2. The molecule has 2 aromatic carbocycles. The molecule has 1 fully saturated rings. The first-order valence-corrected chi connectivity index (χ1v) is 10.4. The van der Waals surface area contributed by atoms with Gasteiger partial charge in [-0.1, -0.05) is 6.07 Å². The standard InChI is InChI=1S/C23H25F2N3O3/c1-16(29)27-8-6-26(7-9-27)14-17-2-5-22-18(12-17)15-28(10-11-31-22)23(30)20-13-19(24)3-4-21(20)25/h2-5,12-13H,6-11,14-15H2,1H3. The van der Waals surface area contributed by atoms with Crippen molar-refractivity contribution in [2.75, 3.05) is 39.3 Å². The van der Waals surface area contributed by atoms with E-state index in [0.717, 1.165) is 49.0 Å². The predicted molar refractivity (Wildman–Crippen MR) is 111 cm³/mol. The average Bonchev–Trinajstić information content (AvgIpc) is 2.97. The van der Waals surface area contributed by atoms with E-state index in [1.54, 1.807) is 6.92 Å². The zero-order valence-corrected chi connectivity index (χ0v) is 17.4. The van der Waals surface area contributed by atoms with Crippen molar-refractivity contribution >= 4 is 11.8 Å². The van der Waals surface area contributed by atoms with Crippen molar-refractivity contribution in [1.29, 1.82) is 0 Å². The zero-order chi connectivity index (χ0) is 22.0. The van der Waals surface area contributed by atoms with Gasteiger partial charge in [-0.05, 0) is 35.9 Å². The van der Waals surface area contributed by atoms with E-state index in [2.05, 4.69) is 4.90 Å². The Bertz CT molecular complexity index is 990. The molecule has 31 heavy (non-hydrogen) atoms. The molecule has 0 aromatic heterocycles. The summed E-state index contributed by atoms with van der Waals surface area (Å²) < 4.78 is 33.4. The van der Waals surface area contributed by atoms with Gasteiger partial charge in [-0.3, -0.25) is 14.5 Å². The van der Waals surface area contributed by atoms with Crippen LogP contribution in [-0.2, 0) is 17.9 Å². The molecular weight excluding hydrogens is 404 g/mol. The molecule has 2 heterocycles. The second-order valence-corrected chi connectivity index (χ2v) is 7.92. The SMILES string of the molecule is CC(=O)N1CCN(Cc2ccc3c(c2)CN(C(=O)c2cc(F)ccc2F)CCO3)CC1. The Labute approximate surface area is 180 Å². The number of benzene rings is 2. The fraction of sp³-hybridized carbons (Fsp3) is 0.391. The summed E-state index contributed by atoms with van der Waals surface area (Å²) in [7, 11) is 0. The first-order valence-electron chi connectivity index (χ1n) is 10.4. The summed E-state index contributed by atoms with van der Waals surface area (Å²) in [5.41, 5.74) is 1.63. The molecule has 0 saturated carbocycles. The van der Waals surface area contributed by atoms with Crippen LogP contribution in [-0.4, -0.2) is 65.8 Å². The lowest BCUT2D eigenvalue weighted by Crippen LogP contribution is -2.47. The summed E-state index contributed by atoms with van der Waals surface area (Å²) in [5.74, 6) is -1.15. The van der Waals surface area contributed by atoms with Gasteiger partial charge in [-0.2, -0.15) is 0 Å². The maximum absolute atomic E-state index is 14.1. The molecule has 0 N–H and O–H groups in total. The molecule has 2 aliphatic heterocycles. The molecule has 164 valence electrons. The summed E-state index contributed by atoms with van der Waals surface area (Å²) in [5, 5.41) is 0. The Kier molecular flexibility index (Phi) is 6.18. The van der Waals surface area contributed by atoms with Crippen LogP contribution in [0.15, 0.2) is 36.4 Å². The number of rotatable bonds is 3. The largest absolute Gasteiger partial charge is 0.491 e. The molecule has 2 aromatic rings. The normalized spacial score (nSPS) is 17.0. The van der Waals surface area contributed by atoms with E-state index in [1.165, 1.54) is 4.90 Å². The highest BCUT2D eigenvalue weighted by Crippen LogP contribution is 2.26. The molecular formula is C23H25F2N3O3. The lowest BCUT2D eigenvalue weighted by molar-refractivity contribution is -0.130. The Hall–Kier alpha value is -3.00. The van der Waals surface area contributed by atoms with Crippen LogP contribution >= 0.6 is 0 Å². The van der Waals surface area contributed by atoms with Crippen LogP contribution in [0.4, 0.5) is 8.78 Å². The minimum atomic E-state index is -0.741. The van der Waals surface area contributed by atoms with Crippen molar-refractivity contribution in [3.63, 3.8) is 0 Å². The first kappa shape index (κ1) is 21.2. The molecule has 2 amide bonds. The van der Waals surface area contributed by atoms with Crippen LogP contribution < -0.4 is 4.74 Å². The number of ether oxygens (including phenoxy) is 1. The average molecular weight is 429 g/mol. The van der Waals surface area contributed by atoms with Gasteiger partial charge in [0.05, 0.1) is 12.1 Å². The second-order valence-electron chi connectivity index (χ2n) is 7.92. The molecule has 0 radical (unpaired) electrons. The molecule has 4 rings (SSSR count). The van der Waals surface area contributed by atoms with Gasteiger partial charge in [0.2, 0.25) is 5.91 Å². The quantitative estimate of drug-likeness (QED) is 0.753. The third kappa shape index (κ3) is 4.85. The number of piperazine rings is 1. The van der Waals surface area contributed by atoms with Crippen LogP contribution in [0.2, 0.25) is 0 Å². The van der Waals surface area contributed by atoms with Crippen LogP contribution in [0.5, 0.6) is 5.75 Å². The third-order valence-electron chi connectivity index (χ3n) is 5.77. The van der Waals surface area contributed by atoms with Crippen LogP contribution in [0.3, 0.4) is 0 Å². The first-order chi connectivity index (χ1) is 14.9. The summed E-state index contributed by atoms with van der Waals surface area (Å²) in [6.45, 7) is 6.17. The lowest BCUT2D eigenvalue weighted by Gasteiger charge is -2.34. The van der Waals surface area contributed by atoms with Gasteiger partial charge in [0, 0.05) is 51.8 Å². The van der Waals surface area contributed by atoms with Crippen molar-refractivity contribution in [1.82, 2.24) is 14.7 Å².